The van der Waals surface area contributed by atoms with Gasteiger partial charge >= 0.3 is 0 Å². The smallest absolute Gasteiger partial charge is 0.245 e. The molecular weight excluding hydrogens is 338 g/mol. The van der Waals surface area contributed by atoms with Crippen molar-refractivity contribution in [1.82, 2.24) is 15.1 Å². The lowest BCUT2D eigenvalue weighted by molar-refractivity contribution is -0.122. The molecule has 1 aliphatic heterocycles. The van der Waals surface area contributed by atoms with Crippen molar-refractivity contribution in [2.75, 3.05) is 11.4 Å². The van der Waals surface area contributed by atoms with Crippen LogP contribution in [-0.2, 0) is 11.8 Å². The maximum atomic E-state index is 13.4. The van der Waals surface area contributed by atoms with E-state index in [0.717, 1.165) is 31.7 Å². The Balaban J connectivity index is 1.35. The van der Waals surface area contributed by atoms with E-state index in [4.69, 9.17) is 0 Å². The molecule has 0 unspecified atom stereocenters. The van der Waals surface area contributed by atoms with Crippen molar-refractivity contribution in [2.24, 2.45) is 7.05 Å². The van der Waals surface area contributed by atoms with Crippen molar-refractivity contribution in [1.29, 1.82) is 0 Å². The Morgan fingerprint density at radius 1 is 1.19 bits per heavy atom. The lowest BCUT2D eigenvalue weighted by Crippen LogP contribution is -2.55. The highest BCUT2D eigenvalue weighted by Crippen LogP contribution is 2.38. The number of aryl methyl sites for hydroxylation is 1. The van der Waals surface area contributed by atoms with Gasteiger partial charge in [-0.15, -0.1) is 0 Å². The van der Waals surface area contributed by atoms with Gasteiger partial charge in [0.15, 0.2) is 5.82 Å². The summed E-state index contributed by atoms with van der Waals surface area (Å²) in [6.07, 6.45) is 5.13. The van der Waals surface area contributed by atoms with E-state index in [1.54, 1.807) is 9.58 Å². The Labute approximate surface area is 151 Å². The third kappa shape index (κ3) is 3.35. The van der Waals surface area contributed by atoms with Crippen LogP contribution in [0.5, 0.6) is 0 Å². The second kappa shape index (κ2) is 6.79. The van der Waals surface area contributed by atoms with Crippen molar-refractivity contribution < 1.29 is 13.6 Å². The van der Waals surface area contributed by atoms with Gasteiger partial charge in [-0.1, -0.05) is 0 Å². The fraction of sp³-hybridized carbons (Fsp3) is 0.474. The van der Waals surface area contributed by atoms with E-state index in [1.165, 1.54) is 12.1 Å². The van der Waals surface area contributed by atoms with Crippen LogP contribution in [0.2, 0.25) is 0 Å². The van der Waals surface area contributed by atoms with Gasteiger partial charge in [-0.2, -0.15) is 5.10 Å². The number of benzene rings is 1. The highest BCUT2D eigenvalue weighted by molar-refractivity contribution is 5.97. The third-order valence-corrected chi connectivity index (χ3v) is 5.35. The van der Waals surface area contributed by atoms with Crippen LogP contribution < -0.4 is 10.2 Å². The second-order valence-electron chi connectivity index (χ2n) is 7.27. The topological polar surface area (TPSA) is 50.2 Å². The van der Waals surface area contributed by atoms with Crippen LogP contribution in [0.25, 0.3) is 0 Å². The zero-order chi connectivity index (χ0) is 18.3. The van der Waals surface area contributed by atoms with E-state index in [0.29, 0.717) is 17.9 Å². The summed E-state index contributed by atoms with van der Waals surface area (Å²) in [5.74, 6) is -0.195. The average molecular weight is 360 g/mol. The molecule has 1 saturated carbocycles. The monoisotopic (exact) mass is 360 g/mol. The summed E-state index contributed by atoms with van der Waals surface area (Å²) < 4.78 is 28.4. The number of anilines is 1. The maximum absolute atomic E-state index is 13.4. The molecule has 138 valence electrons. The molecule has 0 bridgehead atoms. The summed E-state index contributed by atoms with van der Waals surface area (Å²) in [4.78, 5) is 14.5. The molecule has 26 heavy (non-hydrogen) atoms. The molecule has 0 spiro atoms. The lowest BCUT2D eigenvalue weighted by atomic mass is 9.75. The molecule has 7 heteroatoms. The molecule has 1 aliphatic carbocycles. The number of carbonyl (C=O) groups is 1. The molecule has 1 amide bonds. The molecule has 2 aliphatic rings. The highest BCUT2D eigenvalue weighted by atomic mass is 19.1. The van der Waals surface area contributed by atoms with Gasteiger partial charge in [0, 0.05) is 38.0 Å². The van der Waals surface area contributed by atoms with Crippen molar-refractivity contribution in [3.63, 3.8) is 0 Å². The molecular formula is C19H22F2N4O. The minimum absolute atomic E-state index is 0.0511. The number of nitrogens with zero attached hydrogens (tertiary/aromatic N) is 3. The molecule has 1 saturated heterocycles. The summed E-state index contributed by atoms with van der Waals surface area (Å²) in [6, 6.07) is 5.52. The number of piperidine rings is 1. The number of amides is 1. The minimum Gasteiger partial charge on any atom is -0.303 e. The van der Waals surface area contributed by atoms with E-state index in [-0.39, 0.29) is 23.9 Å². The summed E-state index contributed by atoms with van der Waals surface area (Å²) in [5.41, 5.74) is 0.700. The maximum Gasteiger partial charge on any atom is 0.245 e. The third-order valence-electron chi connectivity index (χ3n) is 5.35. The highest BCUT2D eigenvalue weighted by Gasteiger charge is 2.37. The molecule has 2 heterocycles. The van der Waals surface area contributed by atoms with Crippen LogP contribution in [0.15, 0.2) is 30.5 Å². The summed E-state index contributed by atoms with van der Waals surface area (Å²) in [7, 11) is 1.83. The molecule has 1 aromatic carbocycles. The Kier molecular flexibility index (Phi) is 4.48. The predicted molar refractivity (Wildman–Crippen MR) is 93.8 cm³/mol. The Hall–Kier alpha value is -2.28. The summed E-state index contributed by atoms with van der Waals surface area (Å²) in [6.45, 7) is 0.684. The van der Waals surface area contributed by atoms with Gasteiger partial charge in [0.2, 0.25) is 5.91 Å². The number of carbonyl (C=O) groups excluding carboxylic acids is 1. The first-order chi connectivity index (χ1) is 12.5. The number of aromatic nitrogens is 2. The molecule has 0 radical (unpaired) electrons. The Bertz CT molecular complexity index is 795. The van der Waals surface area contributed by atoms with Crippen LogP contribution in [0.3, 0.4) is 0 Å². The number of hydrogen-bond acceptors (Lipinski definition) is 3. The van der Waals surface area contributed by atoms with Crippen molar-refractivity contribution in [3.05, 3.63) is 47.7 Å². The van der Waals surface area contributed by atoms with Crippen LogP contribution in [0.4, 0.5) is 14.6 Å². The number of rotatable bonds is 4. The second-order valence-corrected chi connectivity index (χ2v) is 7.27. The van der Waals surface area contributed by atoms with E-state index < -0.39 is 11.6 Å². The van der Waals surface area contributed by atoms with Gasteiger partial charge in [0.25, 0.3) is 0 Å². The Morgan fingerprint density at radius 3 is 2.58 bits per heavy atom. The number of nitrogens with one attached hydrogen (secondary N) is 1. The molecule has 2 fully saturated rings. The standard InChI is InChI=1S/C19H22F2N4O/c1-24-6-4-18(23-24)25-5-2-3-17(19(25)26)22-16-9-13(10-16)12-7-14(20)11-15(21)8-12/h4,6-8,11,13,16-17,22H,2-3,5,9-10H2,1H3/t13?,16?,17-/m1/s1. The molecule has 1 aromatic heterocycles. The van der Waals surface area contributed by atoms with Crippen LogP contribution in [0.1, 0.15) is 37.2 Å². The minimum atomic E-state index is -0.537. The zero-order valence-corrected chi connectivity index (χ0v) is 14.7. The molecule has 4 rings (SSSR count). The first-order valence-electron chi connectivity index (χ1n) is 9.02. The normalized spacial score (nSPS) is 26.0. The van der Waals surface area contributed by atoms with Gasteiger partial charge in [-0.05, 0) is 49.3 Å². The molecule has 1 atom stereocenters. The van der Waals surface area contributed by atoms with Gasteiger partial charge in [0.05, 0.1) is 6.04 Å². The van der Waals surface area contributed by atoms with Crippen LogP contribution >= 0.6 is 0 Å². The predicted octanol–water partition coefficient (Wildman–Crippen LogP) is 2.73. The molecule has 2 aromatic rings. The van der Waals surface area contributed by atoms with Crippen molar-refractivity contribution >= 4 is 11.7 Å². The summed E-state index contributed by atoms with van der Waals surface area (Å²) in [5, 5.41) is 7.75. The van der Waals surface area contributed by atoms with Gasteiger partial charge in [-0.3, -0.25) is 14.4 Å². The Morgan fingerprint density at radius 2 is 1.92 bits per heavy atom. The van der Waals surface area contributed by atoms with Gasteiger partial charge in [0.1, 0.15) is 11.6 Å². The average Bonchev–Trinajstić information content (AvgIpc) is 2.97. The van der Waals surface area contributed by atoms with Gasteiger partial charge < -0.3 is 5.32 Å². The SMILES string of the molecule is Cn1ccc(N2CCC[C@@H](NC3CC(c4cc(F)cc(F)c4)C3)C2=O)n1. The number of halogens is 2. The van der Waals surface area contributed by atoms with E-state index in [2.05, 4.69) is 10.4 Å². The van der Waals surface area contributed by atoms with E-state index >= 15 is 0 Å². The zero-order valence-electron chi connectivity index (χ0n) is 14.7. The summed E-state index contributed by atoms with van der Waals surface area (Å²) >= 11 is 0. The first kappa shape index (κ1) is 17.1. The fourth-order valence-corrected chi connectivity index (χ4v) is 3.93. The fourth-order valence-electron chi connectivity index (χ4n) is 3.93. The number of hydrogen-bond donors (Lipinski definition) is 1. The van der Waals surface area contributed by atoms with E-state index in [1.807, 2.05) is 19.3 Å². The first-order valence-corrected chi connectivity index (χ1v) is 9.02. The van der Waals surface area contributed by atoms with Crippen LogP contribution in [0, 0.1) is 11.6 Å². The largest absolute Gasteiger partial charge is 0.303 e. The molecule has 5 nitrogen and oxygen atoms in total. The van der Waals surface area contributed by atoms with Gasteiger partial charge in [-0.25, -0.2) is 8.78 Å². The molecule has 1 N–H and O–H groups in total. The van der Waals surface area contributed by atoms with Crippen molar-refractivity contribution in [2.45, 2.75) is 43.7 Å². The van der Waals surface area contributed by atoms with Crippen LogP contribution in [-0.4, -0.2) is 34.3 Å². The lowest BCUT2D eigenvalue weighted by Gasteiger charge is -2.40. The van der Waals surface area contributed by atoms with Crippen molar-refractivity contribution in [3.8, 4) is 0 Å². The van der Waals surface area contributed by atoms with E-state index in [9.17, 15) is 13.6 Å². The quantitative estimate of drug-likeness (QED) is 0.912.